The number of nitrogens with two attached hydrogens (primary N) is 1. The summed E-state index contributed by atoms with van der Waals surface area (Å²) in [5.74, 6) is 1.78. The summed E-state index contributed by atoms with van der Waals surface area (Å²) in [4.78, 5) is 9.33. The molecule has 1 radical (unpaired) electrons. The Labute approximate surface area is 221 Å². The monoisotopic (exact) mass is 539 g/mol. The molecule has 8 heteroatoms. The molecule has 2 aromatic heterocycles. The molecule has 181 valence electrons. The molecule has 0 amide bonds. The summed E-state index contributed by atoms with van der Waals surface area (Å²) in [5.41, 5.74) is 1.92. The van der Waals surface area contributed by atoms with Crippen LogP contribution in [-0.4, -0.2) is 28.7 Å². The molecule has 0 saturated carbocycles. The van der Waals surface area contributed by atoms with Crippen LogP contribution in [0.2, 0.25) is 0 Å². The zero-order valence-electron chi connectivity index (χ0n) is 20.8. The van der Waals surface area contributed by atoms with E-state index in [0.29, 0.717) is 0 Å². The van der Waals surface area contributed by atoms with Crippen molar-refractivity contribution in [2.45, 2.75) is 83.1 Å². The topological polar surface area (TPSA) is 90.9 Å². The molecule has 2 rings (SSSR count). The number of hydrogen-bond donors (Lipinski definition) is 1. The molecule has 0 fully saturated rings. The number of nitrogens with zero attached hydrogens (tertiary/aromatic N) is 3. The smallest absolute Gasteiger partial charge is 0.207 e. The van der Waals surface area contributed by atoms with E-state index in [9.17, 15) is 8.42 Å². The number of aromatic nitrogens is 3. The van der Waals surface area contributed by atoms with Crippen molar-refractivity contribution >= 4 is 21.1 Å². The molecule has 0 bridgehead atoms. The summed E-state index contributed by atoms with van der Waals surface area (Å²) in [6, 6.07) is 2.15. The van der Waals surface area contributed by atoms with Crippen molar-refractivity contribution in [2.75, 3.05) is 5.75 Å². The van der Waals surface area contributed by atoms with Gasteiger partial charge in [-0.3, -0.25) is 4.98 Å². The Bertz CT molecular complexity index is 1040. The second-order valence-corrected chi connectivity index (χ2v) is 11.9. The number of fused-ring (bicyclic) bond motifs is 1. The van der Waals surface area contributed by atoms with E-state index in [1.807, 2.05) is 27.7 Å². The Morgan fingerprint density at radius 3 is 2.12 bits per heavy atom. The first kappa shape index (κ1) is 31.5. The van der Waals surface area contributed by atoms with Gasteiger partial charge >= 0.3 is 0 Å². The molecule has 2 N–H and O–H groups in total. The van der Waals surface area contributed by atoms with Crippen molar-refractivity contribution in [3.05, 3.63) is 35.7 Å². The zero-order valence-corrected chi connectivity index (χ0v) is 24.4. The van der Waals surface area contributed by atoms with E-state index in [1.165, 1.54) is 0 Å². The molecule has 0 aliphatic rings. The van der Waals surface area contributed by atoms with Gasteiger partial charge in [0.1, 0.15) is 5.82 Å². The average Bonchev–Trinajstić information content (AvgIpc) is 2.86. The Balaban J connectivity index is 0.00000480. The minimum absolute atomic E-state index is 0. The zero-order chi connectivity index (χ0) is 23.3. The van der Waals surface area contributed by atoms with Gasteiger partial charge in [-0.1, -0.05) is 80.0 Å². The Morgan fingerprint density at radius 1 is 1.12 bits per heavy atom. The Kier molecular flexibility index (Phi) is 10.2. The fraction of sp³-hybridized carbons (Fsp3) is 0.667. The summed E-state index contributed by atoms with van der Waals surface area (Å²) in [6.45, 7) is 23.0. The number of sulfonamides is 1. The number of hydrogen-bond acceptors (Lipinski definition) is 4. The quantitative estimate of drug-likeness (QED) is 0.466. The molecule has 32 heavy (non-hydrogen) atoms. The second-order valence-electron chi connectivity index (χ2n) is 10.3. The molecule has 0 spiro atoms. The Morgan fingerprint density at radius 2 is 1.66 bits per heavy atom. The molecular weight excluding hydrogens is 497 g/mol. The van der Waals surface area contributed by atoms with Gasteiger partial charge in [-0.15, -0.1) is 12.0 Å². The van der Waals surface area contributed by atoms with Gasteiger partial charge in [0.2, 0.25) is 10.0 Å². The van der Waals surface area contributed by atoms with Crippen LogP contribution in [0.4, 0.5) is 0 Å². The van der Waals surface area contributed by atoms with Crippen molar-refractivity contribution in [1.82, 2.24) is 14.5 Å². The van der Waals surface area contributed by atoms with E-state index >= 15 is 0 Å². The van der Waals surface area contributed by atoms with Crippen molar-refractivity contribution in [3.8, 4) is 0 Å². The normalized spacial score (nSPS) is 13.1. The van der Waals surface area contributed by atoms with Crippen LogP contribution in [0.15, 0.2) is 6.07 Å². The maximum atomic E-state index is 11.8. The first-order chi connectivity index (χ1) is 13.4. The molecule has 0 saturated heterocycles. The first-order valence-corrected chi connectivity index (χ1v) is 12.2. The number of aryl methyl sites for hydroxylation is 3. The largest absolute Gasteiger partial charge is 0.466 e. The van der Waals surface area contributed by atoms with Crippen LogP contribution in [0.1, 0.15) is 80.0 Å². The fourth-order valence-electron chi connectivity index (χ4n) is 4.26. The fourth-order valence-corrected chi connectivity index (χ4v) is 5.48. The summed E-state index contributed by atoms with van der Waals surface area (Å²) in [7, 11) is -3.58. The summed E-state index contributed by atoms with van der Waals surface area (Å²) in [5, 5.41) is 6.46. The van der Waals surface area contributed by atoms with Crippen LogP contribution in [0.3, 0.4) is 0 Å². The van der Waals surface area contributed by atoms with E-state index in [0.717, 1.165) is 40.6 Å². The molecule has 6 nitrogen and oxygen atoms in total. The van der Waals surface area contributed by atoms with E-state index in [-0.39, 0.29) is 56.7 Å². The van der Waals surface area contributed by atoms with Crippen molar-refractivity contribution < 1.29 is 41.1 Å². The van der Waals surface area contributed by atoms with Crippen LogP contribution in [0.5, 0.6) is 0 Å². The van der Waals surface area contributed by atoms with Gasteiger partial charge in [-0.25, -0.2) is 18.5 Å². The van der Waals surface area contributed by atoms with Crippen LogP contribution in [0, 0.1) is 42.6 Å². The van der Waals surface area contributed by atoms with Gasteiger partial charge in [0.15, 0.2) is 0 Å². The van der Waals surface area contributed by atoms with Gasteiger partial charge < -0.3 is 10.5 Å². The van der Waals surface area contributed by atoms with Crippen molar-refractivity contribution in [1.29, 1.82) is 0 Å². The van der Waals surface area contributed by atoms with Crippen LogP contribution in [-0.2, 0) is 49.2 Å². The third-order valence-electron chi connectivity index (χ3n) is 6.99. The van der Waals surface area contributed by atoms with E-state index in [1.54, 1.807) is 0 Å². The third-order valence-corrected chi connectivity index (χ3v) is 8.11. The Hall–Kier alpha value is -0.496. The van der Waals surface area contributed by atoms with Crippen LogP contribution in [0.25, 0.3) is 11.0 Å². The standard InChI is InChI=1S/C23H38N4O2S.CH4.Y/c1-11-19-18-12-15(2)27(20(18)26-17(4)25-19)13-22(7,8)23(9,10)16(3)21(5,6)14-30(24,28)29;;/h12-13H,11,14H2,1-10H3,(H2,24,28,29);1H4;/q-2;;. The molecule has 0 atom stereocenters. The average molecular weight is 540 g/mol. The first-order valence-electron chi connectivity index (χ1n) is 10.5. The molecular formula is C24H42N4O2SY-2. The third kappa shape index (κ3) is 6.34. The van der Waals surface area contributed by atoms with Gasteiger partial charge in [-0.2, -0.15) is 12.3 Å². The van der Waals surface area contributed by atoms with Gasteiger partial charge in [0.05, 0.1) is 0 Å². The minimum Gasteiger partial charge on any atom is -0.466 e. The SMILES string of the molecule is C.CCc1nc(C)nc2c1cc(C)n2[CH-]C(C)(C)C(C)(C)[C-](C)C(C)(C)CS(N)(=O)=O.[Y]. The van der Waals surface area contributed by atoms with Crippen LogP contribution >= 0.6 is 0 Å². The predicted octanol–water partition coefficient (Wildman–Crippen LogP) is 5.22. The maximum absolute atomic E-state index is 11.8. The number of rotatable bonds is 8. The van der Waals surface area contributed by atoms with Crippen molar-refractivity contribution in [3.63, 3.8) is 0 Å². The molecule has 0 aromatic carbocycles. The summed E-state index contributed by atoms with van der Waals surface area (Å²) in [6.07, 6.45) is 0.854. The minimum atomic E-state index is -3.58. The van der Waals surface area contributed by atoms with Crippen molar-refractivity contribution in [2.24, 2.45) is 21.4 Å². The van der Waals surface area contributed by atoms with E-state index in [2.05, 4.69) is 63.7 Å². The predicted molar refractivity (Wildman–Crippen MR) is 131 cm³/mol. The van der Waals surface area contributed by atoms with E-state index in [4.69, 9.17) is 10.1 Å². The summed E-state index contributed by atoms with van der Waals surface area (Å²) < 4.78 is 25.8. The molecule has 0 unspecified atom stereocenters. The van der Waals surface area contributed by atoms with Gasteiger partial charge in [0, 0.05) is 49.8 Å². The number of primary sulfonamides is 1. The second kappa shape index (κ2) is 10.4. The van der Waals surface area contributed by atoms with Gasteiger partial charge in [0.25, 0.3) is 0 Å². The van der Waals surface area contributed by atoms with Gasteiger partial charge in [-0.05, 0) is 18.7 Å². The maximum Gasteiger partial charge on any atom is 0.207 e. The molecule has 0 aliphatic carbocycles. The van der Waals surface area contributed by atoms with E-state index < -0.39 is 15.4 Å². The molecule has 0 aliphatic heterocycles. The summed E-state index contributed by atoms with van der Waals surface area (Å²) >= 11 is 0. The van der Waals surface area contributed by atoms with Crippen LogP contribution < -0.4 is 5.14 Å². The molecule has 2 aromatic rings. The molecule has 2 heterocycles.